The fraction of sp³-hybridized carbons (Fsp3) is 0.250. The highest BCUT2D eigenvalue weighted by Crippen LogP contribution is 2.43. The van der Waals surface area contributed by atoms with E-state index in [9.17, 15) is 14.7 Å². The number of amides is 1. The maximum absolute atomic E-state index is 13.2. The second-order valence-electron chi connectivity index (χ2n) is 8.24. The average Bonchev–Trinajstić information content (AvgIpc) is 3.63. The molecule has 156 valence electrons. The van der Waals surface area contributed by atoms with Gasteiger partial charge in [0.15, 0.2) is 11.4 Å². The van der Waals surface area contributed by atoms with Gasteiger partial charge in [-0.1, -0.05) is 42.5 Å². The van der Waals surface area contributed by atoms with Crippen LogP contribution in [0.1, 0.15) is 46.1 Å². The molecule has 1 fully saturated rings. The summed E-state index contributed by atoms with van der Waals surface area (Å²) in [5.74, 6) is 0.108. The van der Waals surface area contributed by atoms with Gasteiger partial charge in [0.25, 0.3) is 5.91 Å². The predicted molar refractivity (Wildman–Crippen MR) is 119 cm³/mol. The maximum atomic E-state index is 13.2. The number of thioether (sulfide) groups is 1. The molecule has 7 heteroatoms. The first-order chi connectivity index (χ1) is 15.1. The predicted octanol–water partition coefficient (Wildman–Crippen LogP) is 3.46. The second-order valence-corrected chi connectivity index (χ2v) is 9.25. The Labute approximate surface area is 183 Å². The molecule has 1 amide bonds. The van der Waals surface area contributed by atoms with E-state index in [4.69, 9.17) is 0 Å². The standard InChI is InChI=1S/C24H21N3O3S/c28-19-11-12-26-22(23(19)29)24(30)25(16-9-10-16)14-27(26)21-17-6-2-1-5-15(17)13-31-20-8-4-3-7-18(20)21/h1-8,11-12,16,21,29H,9-10,13-14H2. The van der Waals surface area contributed by atoms with Crippen LogP contribution < -0.4 is 10.4 Å². The van der Waals surface area contributed by atoms with Crippen molar-refractivity contribution < 1.29 is 9.90 Å². The van der Waals surface area contributed by atoms with Crippen LogP contribution >= 0.6 is 11.8 Å². The van der Waals surface area contributed by atoms with Crippen molar-refractivity contribution in [3.05, 3.63) is 93.4 Å². The summed E-state index contributed by atoms with van der Waals surface area (Å²) < 4.78 is 1.69. The molecule has 1 saturated carbocycles. The minimum atomic E-state index is -0.533. The molecule has 0 radical (unpaired) electrons. The quantitative estimate of drug-likeness (QED) is 0.673. The number of benzene rings is 2. The number of rotatable bonds is 2. The smallest absolute Gasteiger partial charge is 0.278 e. The third-order valence-electron chi connectivity index (χ3n) is 6.32. The van der Waals surface area contributed by atoms with Crippen molar-refractivity contribution in [2.45, 2.75) is 35.6 Å². The Morgan fingerprint density at radius 3 is 2.48 bits per heavy atom. The number of hydrogen-bond acceptors (Lipinski definition) is 5. The lowest BCUT2D eigenvalue weighted by atomic mass is 9.94. The zero-order valence-electron chi connectivity index (χ0n) is 16.8. The van der Waals surface area contributed by atoms with Crippen molar-refractivity contribution in [3.63, 3.8) is 0 Å². The van der Waals surface area contributed by atoms with E-state index in [1.165, 1.54) is 22.1 Å². The van der Waals surface area contributed by atoms with Crippen LogP contribution in [-0.2, 0) is 5.75 Å². The van der Waals surface area contributed by atoms with Gasteiger partial charge in [-0.2, -0.15) is 0 Å². The Kier molecular flexibility index (Phi) is 4.14. The molecule has 1 aromatic heterocycles. The molecule has 0 bridgehead atoms. The van der Waals surface area contributed by atoms with Crippen molar-refractivity contribution in [1.29, 1.82) is 0 Å². The summed E-state index contributed by atoms with van der Waals surface area (Å²) in [5.41, 5.74) is 3.10. The number of carbonyl (C=O) groups excluding carboxylic acids is 1. The Bertz CT molecular complexity index is 1220. The van der Waals surface area contributed by atoms with Gasteiger partial charge >= 0.3 is 0 Å². The normalized spacial score (nSPS) is 20.0. The highest BCUT2D eigenvalue weighted by Gasteiger charge is 2.43. The summed E-state index contributed by atoms with van der Waals surface area (Å²) in [7, 11) is 0. The summed E-state index contributed by atoms with van der Waals surface area (Å²) in [6.07, 6.45) is 3.51. The van der Waals surface area contributed by atoms with E-state index >= 15 is 0 Å². The summed E-state index contributed by atoms with van der Waals surface area (Å²) in [6, 6.07) is 18.1. The first-order valence-electron chi connectivity index (χ1n) is 10.5. The number of fused-ring (bicyclic) bond motifs is 3. The molecule has 2 aromatic carbocycles. The Morgan fingerprint density at radius 1 is 0.935 bits per heavy atom. The Balaban J connectivity index is 1.61. The van der Waals surface area contributed by atoms with Crippen LogP contribution in [0.15, 0.2) is 70.5 Å². The topological polar surface area (TPSA) is 65.8 Å². The van der Waals surface area contributed by atoms with Gasteiger partial charge in [0.1, 0.15) is 6.67 Å². The SMILES string of the molecule is O=C1c2c(O)c(=O)ccn2N(C2c3ccccc3CSc3ccccc32)CN1C1CC1. The van der Waals surface area contributed by atoms with Crippen LogP contribution in [0.2, 0.25) is 0 Å². The highest BCUT2D eigenvalue weighted by molar-refractivity contribution is 7.98. The molecule has 1 N–H and O–H groups in total. The molecule has 3 heterocycles. The van der Waals surface area contributed by atoms with Gasteiger partial charge < -0.3 is 10.0 Å². The molecule has 0 spiro atoms. The molecule has 1 unspecified atom stereocenters. The lowest BCUT2D eigenvalue weighted by molar-refractivity contribution is 0.0664. The maximum Gasteiger partial charge on any atom is 0.278 e. The van der Waals surface area contributed by atoms with Crippen molar-refractivity contribution in [3.8, 4) is 5.75 Å². The van der Waals surface area contributed by atoms with Crippen LogP contribution in [-0.4, -0.2) is 33.3 Å². The molecule has 0 saturated heterocycles. The summed E-state index contributed by atoms with van der Waals surface area (Å²) in [5, 5.41) is 12.7. The number of nitrogens with zero attached hydrogens (tertiary/aromatic N) is 3. The van der Waals surface area contributed by atoms with E-state index in [1.54, 1.807) is 15.8 Å². The van der Waals surface area contributed by atoms with Crippen LogP contribution in [0.5, 0.6) is 5.75 Å². The first kappa shape index (κ1) is 18.6. The number of carbonyl (C=O) groups is 1. The van der Waals surface area contributed by atoms with Crippen LogP contribution in [0.25, 0.3) is 0 Å². The Morgan fingerprint density at radius 2 is 1.68 bits per heavy atom. The minimum absolute atomic E-state index is 0.0533. The number of pyridine rings is 1. The van der Waals surface area contributed by atoms with Crippen molar-refractivity contribution >= 4 is 17.7 Å². The third-order valence-corrected chi connectivity index (χ3v) is 7.46. The van der Waals surface area contributed by atoms with E-state index in [1.807, 2.05) is 30.0 Å². The molecule has 6 rings (SSSR count). The summed E-state index contributed by atoms with van der Waals surface area (Å²) in [6.45, 7) is 0.400. The van der Waals surface area contributed by atoms with Crippen molar-refractivity contribution in [1.82, 2.24) is 9.58 Å². The molecule has 3 aliphatic rings. The number of aromatic hydroxyl groups is 1. The molecule has 3 aromatic rings. The monoisotopic (exact) mass is 431 g/mol. The lowest BCUT2D eigenvalue weighted by Crippen LogP contribution is -2.56. The molecular formula is C24H21N3O3S. The zero-order chi connectivity index (χ0) is 21.1. The zero-order valence-corrected chi connectivity index (χ0v) is 17.6. The van der Waals surface area contributed by atoms with Gasteiger partial charge in [0.2, 0.25) is 5.43 Å². The Hall–Kier alpha value is -3.19. The molecule has 31 heavy (non-hydrogen) atoms. The minimum Gasteiger partial charge on any atom is -0.502 e. The lowest BCUT2D eigenvalue weighted by Gasteiger charge is -2.44. The van der Waals surface area contributed by atoms with Gasteiger partial charge in [0.05, 0.1) is 6.04 Å². The van der Waals surface area contributed by atoms with Crippen LogP contribution in [0.4, 0.5) is 0 Å². The number of hydrogen-bond donors (Lipinski definition) is 1. The van der Waals surface area contributed by atoms with E-state index < -0.39 is 11.2 Å². The van der Waals surface area contributed by atoms with E-state index in [-0.39, 0.29) is 23.7 Å². The van der Waals surface area contributed by atoms with Crippen molar-refractivity contribution in [2.24, 2.45) is 0 Å². The molecule has 1 aliphatic carbocycles. The van der Waals surface area contributed by atoms with E-state index in [0.717, 1.165) is 24.2 Å². The molecule has 6 nitrogen and oxygen atoms in total. The summed E-state index contributed by atoms with van der Waals surface area (Å²) in [4.78, 5) is 28.4. The molecule has 1 atom stereocenters. The summed E-state index contributed by atoms with van der Waals surface area (Å²) >= 11 is 1.81. The van der Waals surface area contributed by atoms with Gasteiger partial charge in [-0.15, -0.1) is 11.8 Å². The van der Waals surface area contributed by atoms with E-state index in [0.29, 0.717) is 6.67 Å². The molecular weight excluding hydrogens is 410 g/mol. The van der Waals surface area contributed by atoms with Crippen molar-refractivity contribution in [2.75, 3.05) is 11.7 Å². The fourth-order valence-electron chi connectivity index (χ4n) is 4.64. The van der Waals surface area contributed by atoms with Gasteiger partial charge in [0, 0.05) is 29.0 Å². The highest BCUT2D eigenvalue weighted by atomic mass is 32.2. The fourth-order valence-corrected chi connectivity index (χ4v) is 5.74. The average molecular weight is 432 g/mol. The number of aromatic nitrogens is 1. The van der Waals surface area contributed by atoms with Gasteiger partial charge in [-0.3, -0.25) is 19.3 Å². The first-order valence-corrected chi connectivity index (χ1v) is 11.4. The largest absolute Gasteiger partial charge is 0.502 e. The third kappa shape index (κ3) is 2.87. The van der Waals surface area contributed by atoms with E-state index in [2.05, 4.69) is 35.3 Å². The van der Waals surface area contributed by atoms with Gasteiger partial charge in [-0.05, 0) is 35.6 Å². The van der Waals surface area contributed by atoms with Crippen LogP contribution in [0, 0.1) is 0 Å². The molecule has 2 aliphatic heterocycles. The van der Waals surface area contributed by atoms with Crippen LogP contribution in [0.3, 0.4) is 0 Å². The second kappa shape index (κ2) is 6.92. The van der Waals surface area contributed by atoms with Gasteiger partial charge in [-0.25, -0.2) is 0 Å².